The van der Waals surface area contributed by atoms with Gasteiger partial charge in [-0.05, 0) is 80.1 Å². The number of aromatic nitrogens is 4. The number of imide groups is 1. The summed E-state index contributed by atoms with van der Waals surface area (Å²) in [5, 5.41) is 10.3. The van der Waals surface area contributed by atoms with Crippen molar-refractivity contribution in [1.82, 2.24) is 34.7 Å². The smallest absolute Gasteiger partial charge is 0.328 e. The van der Waals surface area contributed by atoms with Crippen LogP contribution in [0.2, 0.25) is 5.02 Å². The summed E-state index contributed by atoms with van der Waals surface area (Å²) in [7, 11) is 1.74. The normalized spacial score (nSPS) is 18.6. The molecule has 4 aliphatic rings. The number of piperidine rings is 2. The van der Waals surface area contributed by atoms with E-state index in [1.54, 1.807) is 35.9 Å². The summed E-state index contributed by atoms with van der Waals surface area (Å²) in [6.45, 7) is 2.56. The second kappa shape index (κ2) is 15.6. The second-order valence-electron chi connectivity index (χ2n) is 16.4. The second-order valence-corrected chi connectivity index (χ2v) is 16.8. The highest BCUT2D eigenvalue weighted by Gasteiger charge is 2.57. The third-order valence-corrected chi connectivity index (χ3v) is 13.3. The lowest BCUT2D eigenvalue weighted by atomic mass is 9.68. The lowest BCUT2D eigenvalue weighted by molar-refractivity contribution is -0.186. The molecular formula is C43H43ClF3N11O4. The number of pyridine rings is 1. The van der Waals surface area contributed by atoms with Gasteiger partial charge in [0.15, 0.2) is 11.5 Å². The molecule has 9 rings (SSSR count). The van der Waals surface area contributed by atoms with Gasteiger partial charge < -0.3 is 20.9 Å². The Morgan fingerprint density at radius 1 is 0.952 bits per heavy atom. The number of carbonyl (C=O) groups is 4. The Kier molecular flexibility index (Phi) is 10.3. The van der Waals surface area contributed by atoms with Crippen LogP contribution in [-0.4, -0.2) is 105 Å². The van der Waals surface area contributed by atoms with Gasteiger partial charge in [-0.3, -0.25) is 34.5 Å². The molecular weight excluding hydrogens is 827 g/mol. The Morgan fingerprint density at radius 2 is 1.71 bits per heavy atom. The fourth-order valence-corrected chi connectivity index (χ4v) is 9.58. The summed E-state index contributed by atoms with van der Waals surface area (Å²) in [5.41, 5.74) is 9.61. The minimum atomic E-state index is -3.07. The van der Waals surface area contributed by atoms with E-state index in [0.717, 1.165) is 11.3 Å². The van der Waals surface area contributed by atoms with Crippen LogP contribution in [0.3, 0.4) is 0 Å². The van der Waals surface area contributed by atoms with Crippen LogP contribution >= 0.6 is 11.6 Å². The third kappa shape index (κ3) is 7.03. The molecule has 3 saturated heterocycles. The van der Waals surface area contributed by atoms with Gasteiger partial charge in [0, 0.05) is 85.7 Å². The molecule has 322 valence electrons. The van der Waals surface area contributed by atoms with Gasteiger partial charge in [0.2, 0.25) is 5.91 Å². The number of hydrogen-bond donors (Lipinski definition) is 3. The number of nitrogens with two attached hydrogens (primary N) is 1. The number of amides is 5. The SMILES string of the molecule is CNc1cc(N2CCc3c(-c4ncc(CN5CCC6(CCN(C(=O)c7cc(Cl)c(C)c(N8CCC(=O)NC8=O)c7)CC6)C(F)(F)C5)cc4F)cccc32)nn2c(C(N)=O)cnc12. The van der Waals surface area contributed by atoms with Gasteiger partial charge >= 0.3 is 6.03 Å². The number of carbonyl (C=O) groups excluding carboxylic acids is 4. The highest BCUT2D eigenvalue weighted by molar-refractivity contribution is 6.32. The maximum Gasteiger partial charge on any atom is 0.328 e. The van der Waals surface area contributed by atoms with Gasteiger partial charge in [0.25, 0.3) is 17.7 Å². The molecule has 5 amide bonds. The monoisotopic (exact) mass is 869 g/mol. The van der Waals surface area contributed by atoms with Gasteiger partial charge in [0.1, 0.15) is 17.2 Å². The Bertz CT molecular complexity index is 2680. The number of benzene rings is 2. The number of anilines is 4. The molecule has 2 aromatic carbocycles. The first-order valence-electron chi connectivity index (χ1n) is 20.4. The number of nitrogens with zero attached hydrogens (tertiary/aromatic N) is 8. The van der Waals surface area contributed by atoms with Crippen molar-refractivity contribution < 1.29 is 32.3 Å². The van der Waals surface area contributed by atoms with E-state index in [2.05, 4.69) is 25.7 Å². The largest absolute Gasteiger partial charge is 0.385 e. The van der Waals surface area contributed by atoms with Gasteiger partial charge in [-0.25, -0.2) is 27.5 Å². The molecule has 62 heavy (non-hydrogen) atoms. The number of likely N-dealkylation sites (tertiary alicyclic amines) is 2. The Labute approximate surface area is 359 Å². The number of primary amides is 1. The number of imidazole rings is 1. The first kappa shape index (κ1) is 41.1. The third-order valence-electron chi connectivity index (χ3n) is 12.9. The summed E-state index contributed by atoms with van der Waals surface area (Å²) in [5.74, 6) is -4.53. The van der Waals surface area contributed by atoms with Crippen molar-refractivity contribution >= 4 is 63.9 Å². The molecule has 0 bridgehead atoms. The maximum absolute atomic E-state index is 16.2. The Balaban J connectivity index is 0.860. The van der Waals surface area contributed by atoms with Gasteiger partial charge in [0.05, 0.1) is 24.1 Å². The first-order chi connectivity index (χ1) is 29.7. The van der Waals surface area contributed by atoms with E-state index in [4.69, 9.17) is 17.3 Å². The van der Waals surface area contributed by atoms with Crippen molar-refractivity contribution in [2.45, 2.75) is 51.5 Å². The van der Waals surface area contributed by atoms with Gasteiger partial charge in [-0.1, -0.05) is 23.7 Å². The van der Waals surface area contributed by atoms with E-state index < -0.39 is 35.6 Å². The van der Waals surface area contributed by atoms with Crippen molar-refractivity contribution in [3.8, 4) is 11.3 Å². The summed E-state index contributed by atoms with van der Waals surface area (Å²) in [6.07, 6.45) is 3.99. The molecule has 15 nitrogen and oxygen atoms in total. The minimum absolute atomic E-state index is 0.0877. The Hall–Kier alpha value is -6.27. The number of nitrogens with one attached hydrogen (secondary N) is 2. The van der Waals surface area contributed by atoms with Crippen molar-refractivity contribution in [3.05, 3.63) is 93.6 Å². The number of halogens is 4. The van der Waals surface area contributed by atoms with Crippen LogP contribution in [0.5, 0.6) is 0 Å². The van der Waals surface area contributed by atoms with Crippen LogP contribution in [0.4, 0.5) is 40.8 Å². The lowest BCUT2D eigenvalue weighted by Gasteiger charge is -2.51. The first-order valence-corrected chi connectivity index (χ1v) is 20.8. The topological polar surface area (TPSA) is 174 Å². The van der Waals surface area contributed by atoms with Crippen molar-refractivity contribution in [2.24, 2.45) is 11.1 Å². The fourth-order valence-electron chi connectivity index (χ4n) is 9.37. The van der Waals surface area contributed by atoms with E-state index in [0.29, 0.717) is 59.0 Å². The molecule has 19 heteroatoms. The molecule has 7 heterocycles. The summed E-state index contributed by atoms with van der Waals surface area (Å²) >= 11 is 6.50. The zero-order valence-electron chi connectivity index (χ0n) is 34.0. The number of hydrogen-bond acceptors (Lipinski definition) is 10. The van der Waals surface area contributed by atoms with Gasteiger partial charge in [-0.15, -0.1) is 5.10 Å². The maximum atomic E-state index is 16.2. The van der Waals surface area contributed by atoms with E-state index in [1.165, 1.54) is 33.9 Å². The van der Waals surface area contributed by atoms with Crippen LogP contribution in [0.25, 0.3) is 16.9 Å². The average molecular weight is 870 g/mol. The van der Waals surface area contributed by atoms with Crippen LogP contribution in [-0.2, 0) is 17.8 Å². The quantitative estimate of drug-likeness (QED) is 0.170. The zero-order valence-corrected chi connectivity index (χ0v) is 34.7. The van der Waals surface area contributed by atoms with Crippen molar-refractivity contribution in [1.29, 1.82) is 0 Å². The highest BCUT2D eigenvalue weighted by atomic mass is 35.5. The molecule has 3 aromatic heterocycles. The van der Waals surface area contributed by atoms with Crippen LogP contribution in [0, 0.1) is 18.2 Å². The predicted octanol–water partition coefficient (Wildman–Crippen LogP) is 5.94. The lowest BCUT2D eigenvalue weighted by Crippen LogP contribution is -2.59. The number of urea groups is 1. The Morgan fingerprint density at radius 3 is 2.42 bits per heavy atom. The summed E-state index contributed by atoms with van der Waals surface area (Å²) < 4.78 is 49.8. The standard InChI is InChI=1S/C43H43ClF3N11O4/c1-24-29(44)17-26(18-33(24)57-12-7-36(59)52-41(57)62)40(61)55-14-9-42(10-15-55)8-13-54(23-43(42,46)47)22-25-16-30(45)37(50-20-25)28-4-3-5-32-27(28)6-11-56(32)35-19-31(49-2)39-51-21-34(38(48)60)58(39)53-35/h3-5,16-21,49H,6-15,22-23H2,1-2H3,(H2,48,60)(H,52,59,62). The molecule has 5 aromatic rings. The van der Waals surface area contributed by atoms with E-state index in [9.17, 15) is 19.2 Å². The average Bonchev–Trinajstić information content (AvgIpc) is 3.89. The van der Waals surface area contributed by atoms with Crippen LogP contribution < -0.4 is 26.2 Å². The number of fused-ring (bicyclic) bond motifs is 2. The fraction of sp³-hybridized carbons (Fsp3) is 0.372. The van der Waals surface area contributed by atoms with Crippen molar-refractivity contribution in [2.75, 3.05) is 61.4 Å². The molecule has 4 N–H and O–H groups in total. The van der Waals surface area contributed by atoms with E-state index in [1.807, 2.05) is 23.1 Å². The van der Waals surface area contributed by atoms with E-state index >= 15 is 13.2 Å². The number of alkyl halides is 2. The minimum Gasteiger partial charge on any atom is -0.385 e. The van der Waals surface area contributed by atoms with Crippen molar-refractivity contribution in [3.63, 3.8) is 0 Å². The molecule has 4 aliphatic heterocycles. The molecule has 0 atom stereocenters. The molecule has 0 unspecified atom stereocenters. The molecule has 0 aliphatic carbocycles. The van der Waals surface area contributed by atoms with E-state index in [-0.39, 0.29) is 85.7 Å². The van der Waals surface area contributed by atoms with Gasteiger partial charge in [-0.2, -0.15) is 0 Å². The molecule has 3 fully saturated rings. The predicted molar refractivity (Wildman–Crippen MR) is 225 cm³/mol. The van der Waals surface area contributed by atoms with Crippen LogP contribution in [0.15, 0.2) is 54.9 Å². The number of rotatable bonds is 8. The molecule has 1 spiro atoms. The summed E-state index contributed by atoms with van der Waals surface area (Å²) in [6, 6.07) is 11.2. The highest BCUT2D eigenvalue weighted by Crippen LogP contribution is 2.51. The summed E-state index contributed by atoms with van der Waals surface area (Å²) in [4.78, 5) is 65.4. The zero-order chi connectivity index (χ0) is 43.7. The molecule has 0 radical (unpaired) electrons. The molecule has 0 saturated carbocycles. The van der Waals surface area contributed by atoms with Crippen LogP contribution in [0.1, 0.15) is 63.2 Å².